The van der Waals surface area contributed by atoms with Crippen LogP contribution in [-0.4, -0.2) is 27.1 Å². The second-order valence-corrected chi connectivity index (χ2v) is 6.23. The minimum absolute atomic E-state index is 0.0158. The van der Waals surface area contributed by atoms with E-state index >= 15 is 0 Å². The summed E-state index contributed by atoms with van der Waals surface area (Å²) in [6.07, 6.45) is 1.57. The molecular formula is C19H23N5O. The number of nitrogens with one attached hydrogen (secondary N) is 1. The molecule has 6 heteroatoms. The molecule has 0 aliphatic rings. The molecule has 1 amide bonds. The van der Waals surface area contributed by atoms with Gasteiger partial charge in [0.05, 0.1) is 5.69 Å². The van der Waals surface area contributed by atoms with Crippen LogP contribution >= 0.6 is 0 Å². The van der Waals surface area contributed by atoms with Crippen molar-refractivity contribution in [1.29, 1.82) is 0 Å². The first-order chi connectivity index (χ1) is 12.0. The third-order valence-electron chi connectivity index (χ3n) is 4.47. The van der Waals surface area contributed by atoms with Gasteiger partial charge in [0, 0.05) is 30.1 Å². The zero-order valence-corrected chi connectivity index (χ0v) is 14.8. The Balaban J connectivity index is 2.05. The number of hydrogen-bond acceptors (Lipinski definition) is 4. The number of rotatable bonds is 5. The molecule has 3 N–H and O–H groups in total. The number of aryl methyl sites for hydroxylation is 2. The van der Waals surface area contributed by atoms with E-state index in [4.69, 9.17) is 15.8 Å². The van der Waals surface area contributed by atoms with Gasteiger partial charge in [0.25, 0.3) is 0 Å². The van der Waals surface area contributed by atoms with Crippen LogP contribution in [0.15, 0.2) is 30.3 Å². The number of benzene rings is 1. The molecule has 3 rings (SSSR count). The second kappa shape index (κ2) is 6.93. The van der Waals surface area contributed by atoms with Crippen LogP contribution in [0.2, 0.25) is 0 Å². The molecule has 1 aromatic carbocycles. The number of carbonyl (C=O) groups excluding carboxylic acids is 1. The average molecular weight is 337 g/mol. The Bertz CT molecular complexity index is 915. The minimum atomic E-state index is -0.0158. The molecule has 25 heavy (non-hydrogen) atoms. The summed E-state index contributed by atoms with van der Waals surface area (Å²) >= 11 is 0. The van der Waals surface area contributed by atoms with Gasteiger partial charge in [-0.05, 0) is 32.3 Å². The summed E-state index contributed by atoms with van der Waals surface area (Å²) in [7, 11) is 0. The zero-order valence-electron chi connectivity index (χ0n) is 14.8. The first kappa shape index (κ1) is 17.0. The van der Waals surface area contributed by atoms with Crippen LogP contribution in [0.1, 0.15) is 30.3 Å². The second-order valence-electron chi connectivity index (χ2n) is 6.23. The van der Waals surface area contributed by atoms with Crippen molar-refractivity contribution in [2.75, 3.05) is 12.4 Å². The Kier molecular flexibility index (Phi) is 4.70. The molecule has 0 saturated heterocycles. The van der Waals surface area contributed by atoms with Crippen LogP contribution in [-0.2, 0) is 11.2 Å². The number of hydrogen-bond donors (Lipinski definition) is 2. The Morgan fingerprint density at radius 3 is 2.60 bits per heavy atom. The van der Waals surface area contributed by atoms with Crippen LogP contribution in [0.4, 0.5) is 0 Å². The van der Waals surface area contributed by atoms with E-state index in [0.717, 1.165) is 46.4 Å². The molecule has 0 spiro atoms. The first-order valence-electron chi connectivity index (χ1n) is 8.42. The van der Waals surface area contributed by atoms with Gasteiger partial charge < -0.3 is 11.2 Å². The van der Waals surface area contributed by atoms with Crippen molar-refractivity contribution >= 4 is 16.9 Å². The highest BCUT2D eigenvalue weighted by Crippen LogP contribution is 2.28. The lowest BCUT2D eigenvalue weighted by Crippen LogP contribution is -2.21. The summed E-state index contributed by atoms with van der Waals surface area (Å²) in [5.74, 6) is 6.88. The molecule has 0 unspecified atom stereocenters. The van der Waals surface area contributed by atoms with E-state index in [-0.39, 0.29) is 5.91 Å². The van der Waals surface area contributed by atoms with Gasteiger partial charge in [0.15, 0.2) is 11.5 Å². The number of aromatic nitrogens is 3. The fraction of sp³-hybridized carbons (Fsp3) is 0.316. The predicted molar refractivity (Wildman–Crippen MR) is 99.6 cm³/mol. The molecule has 0 bridgehead atoms. The lowest BCUT2D eigenvalue weighted by Gasteiger charge is -2.08. The van der Waals surface area contributed by atoms with E-state index in [1.54, 1.807) is 4.68 Å². The highest BCUT2D eigenvalue weighted by molar-refractivity contribution is 5.86. The summed E-state index contributed by atoms with van der Waals surface area (Å²) < 4.78 is 1.64. The van der Waals surface area contributed by atoms with Gasteiger partial charge in [-0.15, -0.1) is 0 Å². The van der Waals surface area contributed by atoms with Gasteiger partial charge in [-0.25, -0.2) is 14.6 Å². The number of fused-ring (bicyclic) bond motifs is 1. The largest absolute Gasteiger partial charge is 0.356 e. The van der Waals surface area contributed by atoms with E-state index < -0.39 is 0 Å². The van der Waals surface area contributed by atoms with E-state index in [2.05, 4.69) is 5.32 Å². The van der Waals surface area contributed by atoms with E-state index in [1.807, 2.05) is 44.2 Å². The molecule has 0 atom stereocenters. The van der Waals surface area contributed by atoms with Gasteiger partial charge in [-0.3, -0.25) is 4.79 Å². The minimum Gasteiger partial charge on any atom is -0.356 e. The predicted octanol–water partition coefficient (Wildman–Crippen LogP) is 2.50. The normalized spacial score (nSPS) is 11.0. The molecule has 0 aliphatic carbocycles. The molecule has 0 radical (unpaired) electrons. The maximum Gasteiger partial charge on any atom is 0.216 e. The van der Waals surface area contributed by atoms with Crippen molar-refractivity contribution in [3.05, 3.63) is 47.3 Å². The lowest BCUT2D eigenvalue weighted by atomic mass is 10.1. The van der Waals surface area contributed by atoms with Crippen molar-refractivity contribution < 1.29 is 4.79 Å². The topological polar surface area (TPSA) is 85.8 Å². The quantitative estimate of drug-likeness (QED) is 0.553. The standard InChI is InChI=1S/C19H23N5O/c1-12-13(2)24(20)19-17(12)16(10-7-11-21-14(3)25)22-18(23-19)15-8-5-4-6-9-15/h4-6,8-9H,7,10-11,20H2,1-3H3,(H,21,25). The maximum atomic E-state index is 11.1. The molecule has 0 fully saturated rings. The van der Waals surface area contributed by atoms with Crippen LogP contribution in [0.3, 0.4) is 0 Å². The van der Waals surface area contributed by atoms with Crippen molar-refractivity contribution in [3.8, 4) is 11.4 Å². The lowest BCUT2D eigenvalue weighted by molar-refractivity contribution is -0.118. The van der Waals surface area contributed by atoms with Crippen LogP contribution in [0, 0.1) is 13.8 Å². The third-order valence-corrected chi connectivity index (χ3v) is 4.47. The van der Waals surface area contributed by atoms with Gasteiger partial charge in [-0.2, -0.15) is 0 Å². The molecule has 0 aliphatic heterocycles. The van der Waals surface area contributed by atoms with Crippen molar-refractivity contribution in [3.63, 3.8) is 0 Å². The molecule has 0 saturated carbocycles. The van der Waals surface area contributed by atoms with E-state index in [9.17, 15) is 4.79 Å². The third kappa shape index (κ3) is 3.33. The summed E-state index contributed by atoms with van der Waals surface area (Å²) in [5, 5.41) is 3.85. The Labute approximate surface area is 147 Å². The van der Waals surface area contributed by atoms with E-state index in [0.29, 0.717) is 12.4 Å². The average Bonchev–Trinajstić information content (AvgIpc) is 2.83. The number of nitrogens with two attached hydrogens (primary N) is 1. The Hall–Kier alpha value is -2.89. The van der Waals surface area contributed by atoms with Crippen LogP contribution < -0.4 is 11.2 Å². The van der Waals surface area contributed by atoms with Gasteiger partial charge in [0.1, 0.15) is 0 Å². The van der Waals surface area contributed by atoms with Gasteiger partial charge >= 0.3 is 0 Å². The number of carbonyl (C=O) groups is 1. The molecule has 2 heterocycles. The highest BCUT2D eigenvalue weighted by atomic mass is 16.1. The highest BCUT2D eigenvalue weighted by Gasteiger charge is 2.17. The molecular weight excluding hydrogens is 314 g/mol. The van der Waals surface area contributed by atoms with Crippen molar-refractivity contribution in [2.45, 2.75) is 33.6 Å². The Morgan fingerprint density at radius 1 is 1.20 bits per heavy atom. The summed E-state index contributed by atoms with van der Waals surface area (Å²) in [6, 6.07) is 9.89. The summed E-state index contributed by atoms with van der Waals surface area (Å²) in [6.45, 7) is 6.19. The number of nitrogen functional groups attached to an aromatic ring is 1. The number of amides is 1. The van der Waals surface area contributed by atoms with Crippen LogP contribution in [0.25, 0.3) is 22.4 Å². The fourth-order valence-corrected chi connectivity index (χ4v) is 2.99. The smallest absolute Gasteiger partial charge is 0.216 e. The fourth-order valence-electron chi connectivity index (χ4n) is 2.99. The maximum absolute atomic E-state index is 11.1. The van der Waals surface area contributed by atoms with Crippen molar-refractivity contribution in [1.82, 2.24) is 20.0 Å². The molecule has 2 aromatic heterocycles. The Morgan fingerprint density at radius 2 is 1.92 bits per heavy atom. The van der Waals surface area contributed by atoms with Gasteiger partial charge in [0.2, 0.25) is 5.91 Å². The molecule has 3 aromatic rings. The summed E-state index contributed by atoms with van der Waals surface area (Å²) in [4.78, 5) is 20.6. The van der Waals surface area contributed by atoms with E-state index in [1.165, 1.54) is 6.92 Å². The molecule has 6 nitrogen and oxygen atoms in total. The zero-order chi connectivity index (χ0) is 18.0. The number of nitrogens with zero attached hydrogens (tertiary/aromatic N) is 3. The SMILES string of the molecule is CC(=O)NCCCc1nc(-c2ccccc2)nc2c1c(C)c(C)n2N. The van der Waals surface area contributed by atoms with Crippen LogP contribution in [0.5, 0.6) is 0 Å². The first-order valence-corrected chi connectivity index (χ1v) is 8.42. The van der Waals surface area contributed by atoms with Gasteiger partial charge in [-0.1, -0.05) is 30.3 Å². The monoisotopic (exact) mass is 337 g/mol. The van der Waals surface area contributed by atoms with Crippen molar-refractivity contribution in [2.24, 2.45) is 0 Å². The summed E-state index contributed by atoms with van der Waals surface area (Å²) in [5.41, 5.74) is 4.77. The molecule has 130 valence electrons.